The minimum absolute atomic E-state index is 0.130. The van der Waals surface area contributed by atoms with Crippen LogP contribution in [0.3, 0.4) is 0 Å². The van der Waals surface area contributed by atoms with Gasteiger partial charge in [0.2, 0.25) is 11.8 Å². The summed E-state index contributed by atoms with van der Waals surface area (Å²) in [5.74, 6) is 0.256. The molecule has 1 amide bonds. The van der Waals surface area contributed by atoms with E-state index in [1.165, 1.54) is 18.9 Å². The Morgan fingerprint density at radius 3 is 2.58 bits per heavy atom. The molecule has 0 radical (unpaired) electrons. The first-order chi connectivity index (χ1) is 17.7. The maximum absolute atomic E-state index is 12.9. The number of nitrogens with zero attached hydrogens (tertiary/aromatic N) is 8. The highest BCUT2D eigenvalue weighted by Gasteiger charge is 2.48. The van der Waals surface area contributed by atoms with Gasteiger partial charge in [0.1, 0.15) is 25.1 Å². The van der Waals surface area contributed by atoms with Crippen LogP contribution in [0.2, 0.25) is 0 Å². The van der Waals surface area contributed by atoms with Crippen molar-refractivity contribution in [3.05, 3.63) is 66.9 Å². The molecule has 4 aromatic rings. The molecule has 2 aliphatic rings. The van der Waals surface area contributed by atoms with Gasteiger partial charge in [0.05, 0.1) is 30.4 Å². The van der Waals surface area contributed by atoms with Gasteiger partial charge in [-0.05, 0) is 24.3 Å². The molecule has 0 aliphatic carbocycles. The Bertz CT molecular complexity index is 1340. The van der Waals surface area contributed by atoms with Gasteiger partial charge in [0.15, 0.2) is 5.76 Å². The maximum atomic E-state index is 12.9. The number of benzene rings is 1. The Hall–Kier alpha value is -3.87. The number of para-hydroxylation sites is 2. The average molecular weight is 491 g/mol. The summed E-state index contributed by atoms with van der Waals surface area (Å²) in [6, 6.07) is 11.2. The van der Waals surface area contributed by atoms with Gasteiger partial charge in [-0.2, -0.15) is 0 Å². The van der Waals surface area contributed by atoms with Crippen molar-refractivity contribution in [3.8, 4) is 0 Å². The number of imidazole rings is 1. The monoisotopic (exact) mass is 490 g/mol. The van der Waals surface area contributed by atoms with Crippen molar-refractivity contribution in [1.82, 2.24) is 34.3 Å². The highest BCUT2D eigenvalue weighted by Crippen LogP contribution is 2.35. The van der Waals surface area contributed by atoms with Crippen LogP contribution in [0, 0.1) is 0 Å². The van der Waals surface area contributed by atoms with Crippen LogP contribution < -0.4 is 4.90 Å². The van der Waals surface area contributed by atoms with Crippen LogP contribution in [-0.2, 0) is 17.2 Å². The summed E-state index contributed by atoms with van der Waals surface area (Å²) >= 11 is 0. The summed E-state index contributed by atoms with van der Waals surface area (Å²) in [5, 5.41) is 10.3. The fraction of sp³-hybridized carbons (Fsp3) is 0.375. The van der Waals surface area contributed by atoms with Crippen LogP contribution in [0.5, 0.6) is 0 Å². The highest BCUT2D eigenvalue weighted by molar-refractivity contribution is 5.91. The first-order valence-electron chi connectivity index (χ1n) is 11.9. The predicted molar refractivity (Wildman–Crippen MR) is 128 cm³/mol. The minimum atomic E-state index is -1.00. The number of rotatable bonds is 5. The normalized spacial score (nSPS) is 21.2. The second-order valence-corrected chi connectivity index (χ2v) is 8.72. The molecule has 2 saturated heterocycles. The number of aliphatic hydroxyl groups excluding tert-OH is 1. The summed E-state index contributed by atoms with van der Waals surface area (Å²) in [6.45, 7) is 3.26. The maximum Gasteiger partial charge on any atom is 0.289 e. The van der Waals surface area contributed by atoms with E-state index >= 15 is 0 Å². The topological polar surface area (TPSA) is 126 Å². The molecule has 12 heteroatoms. The lowest BCUT2D eigenvalue weighted by molar-refractivity contribution is -0.226. The third-order valence-electron chi connectivity index (χ3n) is 6.77. The molecule has 12 nitrogen and oxygen atoms in total. The summed E-state index contributed by atoms with van der Waals surface area (Å²) in [4.78, 5) is 36.3. The molecule has 36 heavy (non-hydrogen) atoms. The number of carbonyl (C=O) groups excluding carboxylic acids is 1. The molecule has 0 spiro atoms. The Balaban J connectivity index is 1.38. The Labute approximate surface area is 206 Å². The zero-order valence-electron chi connectivity index (χ0n) is 19.6. The molecule has 1 atom stereocenters. The van der Waals surface area contributed by atoms with Gasteiger partial charge in [0, 0.05) is 32.7 Å². The fourth-order valence-electron chi connectivity index (χ4n) is 5.11. The smallest absolute Gasteiger partial charge is 0.289 e. The second-order valence-electron chi connectivity index (χ2n) is 8.72. The number of hydrogen-bond donors (Lipinski definition) is 1. The van der Waals surface area contributed by atoms with E-state index in [1.807, 2.05) is 28.8 Å². The lowest BCUT2D eigenvalue weighted by atomic mass is 10.1. The molecule has 6 rings (SSSR count). The molecule has 5 heterocycles. The zero-order valence-corrected chi connectivity index (χ0v) is 19.6. The van der Waals surface area contributed by atoms with Gasteiger partial charge >= 0.3 is 0 Å². The van der Waals surface area contributed by atoms with Crippen molar-refractivity contribution >= 4 is 22.9 Å². The van der Waals surface area contributed by atoms with Crippen molar-refractivity contribution < 1.29 is 19.1 Å². The number of piperazine rings is 1. The Kier molecular flexibility index (Phi) is 5.83. The number of amides is 1. The molecule has 2 fully saturated rings. The molecular formula is C24H26N8O4. The van der Waals surface area contributed by atoms with Gasteiger partial charge in [-0.25, -0.2) is 19.9 Å². The number of ether oxygens (including phenoxy) is 1. The number of aromatic nitrogens is 5. The summed E-state index contributed by atoms with van der Waals surface area (Å²) in [6.07, 6.45) is 4.46. The third kappa shape index (κ3) is 3.79. The fourth-order valence-corrected chi connectivity index (χ4v) is 5.11. The summed E-state index contributed by atoms with van der Waals surface area (Å²) < 4.78 is 13.9. The highest BCUT2D eigenvalue weighted by atomic mass is 16.5. The number of carbonyl (C=O) groups is 1. The number of furan rings is 1. The van der Waals surface area contributed by atoms with E-state index in [2.05, 4.69) is 24.8 Å². The number of aliphatic hydroxyl groups is 1. The van der Waals surface area contributed by atoms with E-state index < -0.39 is 5.85 Å². The third-order valence-corrected chi connectivity index (χ3v) is 6.77. The molecule has 1 unspecified atom stereocenters. The van der Waals surface area contributed by atoms with Gasteiger partial charge in [-0.1, -0.05) is 12.1 Å². The van der Waals surface area contributed by atoms with E-state index in [1.54, 1.807) is 17.0 Å². The lowest BCUT2D eigenvalue weighted by Gasteiger charge is -2.52. The van der Waals surface area contributed by atoms with E-state index in [4.69, 9.17) is 14.1 Å². The first kappa shape index (κ1) is 22.6. The SMILES string of the molecule is O=C(c1ccco1)N1CCN(C2(n3c(CO)nc4ccccc43)CN(c3ncncn3)CCO2)CC1. The molecule has 2 aliphatic heterocycles. The number of morpholine rings is 1. The van der Waals surface area contributed by atoms with Crippen LogP contribution in [0.4, 0.5) is 5.95 Å². The van der Waals surface area contributed by atoms with Crippen molar-refractivity contribution in [1.29, 1.82) is 0 Å². The van der Waals surface area contributed by atoms with Gasteiger partial charge < -0.3 is 24.1 Å². The van der Waals surface area contributed by atoms with E-state index in [0.29, 0.717) is 63.4 Å². The zero-order chi connectivity index (χ0) is 24.5. The van der Waals surface area contributed by atoms with Crippen LogP contribution >= 0.6 is 0 Å². The van der Waals surface area contributed by atoms with Gasteiger partial charge in [-0.3, -0.25) is 14.3 Å². The molecule has 1 aromatic carbocycles. The first-order valence-corrected chi connectivity index (χ1v) is 11.9. The lowest BCUT2D eigenvalue weighted by Crippen LogP contribution is -2.66. The quantitative estimate of drug-likeness (QED) is 0.431. The van der Waals surface area contributed by atoms with Gasteiger partial charge in [-0.15, -0.1) is 0 Å². The number of fused-ring (bicyclic) bond motifs is 1. The van der Waals surface area contributed by atoms with Crippen LogP contribution in [0.25, 0.3) is 11.0 Å². The van der Waals surface area contributed by atoms with Crippen LogP contribution in [-0.4, -0.2) is 91.2 Å². The second kappa shape index (κ2) is 9.30. The minimum Gasteiger partial charge on any atom is -0.459 e. The Morgan fingerprint density at radius 2 is 1.83 bits per heavy atom. The standard InChI is InChI=1S/C24H26N8O4/c33-14-21-28-18-4-1-2-5-19(18)32(21)24(15-30(11-13-36-24)23-26-16-25-17-27-23)31-9-7-29(8-10-31)22(34)20-6-3-12-35-20/h1-6,12,16-17,33H,7-11,13-15H2. The molecule has 186 valence electrons. The van der Waals surface area contributed by atoms with E-state index in [0.717, 1.165) is 11.0 Å². The Morgan fingerprint density at radius 1 is 1.03 bits per heavy atom. The summed E-state index contributed by atoms with van der Waals surface area (Å²) in [7, 11) is 0. The molecule has 1 N–H and O–H groups in total. The predicted octanol–water partition coefficient (Wildman–Crippen LogP) is 0.912. The molecule has 3 aromatic heterocycles. The molecule has 0 bridgehead atoms. The van der Waals surface area contributed by atoms with Gasteiger partial charge in [0.25, 0.3) is 5.91 Å². The molecule has 0 saturated carbocycles. The van der Waals surface area contributed by atoms with Crippen molar-refractivity contribution in [2.75, 3.05) is 50.8 Å². The number of hydrogen-bond acceptors (Lipinski definition) is 10. The largest absolute Gasteiger partial charge is 0.459 e. The summed E-state index contributed by atoms with van der Waals surface area (Å²) in [5.41, 5.74) is 1.63. The van der Waals surface area contributed by atoms with Crippen LogP contribution in [0.15, 0.2) is 59.7 Å². The van der Waals surface area contributed by atoms with E-state index in [-0.39, 0.29) is 12.5 Å². The van der Waals surface area contributed by atoms with Crippen molar-refractivity contribution in [2.24, 2.45) is 0 Å². The van der Waals surface area contributed by atoms with Crippen molar-refractivity contribution in [3.63, 3.8) is 0 Å². The average Bonchev–Trinajstić information content (AvgIpc) is 3.62. The van der Waals surface area contributed by atoms with Crippen LogP contribution in [0.1, 0.15) is 16.4 Å². The van der Waals surface area contributed by atoms with E-state index in [9.17, 15) is 9.90 Å². The van der Waals surface area contributed by atoms with Crippen molar-refractivity contribution in [2.45, 2.75) is 12.5 Å². The number of anilines is 1. The molecular weight excluding hydrogens is 464 g/mol.